The number of nitrogens with zero attached hydrogens (tertiary/aromatic N) is 4. The highest BCUT2D eigenvalue weighted by atomic mass is 32.2. The van der Waals surface area contributed by atoms with E-state index in [0.29, 0.717) is 6.04 Å². The molecule has 1 aromatic heterocycles. The number of carboxylic acid groups (broad SMARTS) is 1. The van der Waals surface area contributed by atoms with Crippen molar-refractivity contribution in [2.75, 3.05) is 0 Å². The maximum atomic E-state index is 11.0. The Bertz CT molecular complexity index is 444. The minimum absolute atomic E-state index is 0.133. The van der Waals surface area contributed by atoms with Crippen LogP contribution in [0.15, 0.2) is 5.16 Å². The Morgan fingerprint density at radius 3 is 2.67 bits per heavy atom. The summed E-state index contributed by atoms with van der Waals surface area (Å²) in [5.41, 5.74) is 0. The van der Waals surface area contributed by atoms with Gasteiger partial charge in [-0.1, -0.05) is 24.6 Å². The van der Waals surface area contributed by atoms with Crippen molar-refractivity contribution in [2.24, 2.45) is 5.92 Å². The summed E-state index contributed by atoms with van der Waals surface area (Å²) in [6, 6.07) is 0.408. The summed E-state index contributed by atoms with van der Waals surface area (Å²) in [6.45, 7) is 0. The molecule has 1 N–H and O–H groups in total. The summed E-state index contributed by atoms with van der Waals surface area (Å²) in [7, 11) is 0. The van der Waals surface area contributed by atoms with Crippen LogP contribution in [0.4, 0.5) is 0 Å². The highest BCUT2D eigenvalue weighted by molar-refractivity contribution is 7.99. The third kappa shape index (κ3) is 2.11. The lowest BCUT2D eigenvalue weighted by atomic mass is 9.85. The van der Waals surface area contributed by atoms with Crippen LogP contribution in [-0.2, 0) is 4.79 Å². The van der Waals surface area contributed by atoms with Crippen LogP contribution in [0.1, 0.15) is 44.6 Å². The second kappa shape index (κ2) is 4.87. The average molecular weight is 268 g/mol. The van der Waals surface area contributed by atoms with Gasteiger partial charge in [0.05, 0.1) is 12.0 Å². The van der Waals surface area contributed by atoms with Crippen molar-refractivity contribution in [3.63, 3.8) is 0 Å². The second-order valence-corrected chi connectivity index (χ2v) is 6.23. The minimum Gasteiger partial charge on any atom is -0.481 e. The molecule has 2 atom stereocenters. The van der Waals surface area contributed by atoms with Gasteiger partial charge in [0.25, 0.3) is 0 Å². The Balaban J connectivity index is 1.69. The van der Waals surface area contributed by atoms with Gasteiger partial charge in [0, 0.05) is 5.25 Å². The molecule has 0 radical (unpaired) electrons. The Morgan fingerprint density at radius 2 is 2.06 bits per heavy atom. The molecule has 3 rings (SSSR count). The second-order valence-electron chi connectivity index (χ2n) is 5.02. The first-order chi connectivity index (χ1) is 8.75. The zero-order valence-electron chi connectivity index (χ0n) is 10.0. The van der Waals surface area contributed by atoms with Crippen molar-refractivity contribution in [1.29, 1.82) is 0 Å². The van der Waals surface area contributed by atoms with Crippen molar-refractivity contribution in [2.45, 2.75) is 55.0 Å². The van der Waals surface area contributed by atoms with Gasteiger partial charge in [0.1, 0.15) is 0 Å². The first-order valence-electron chi connectivity index (χ1n) is 6.43. The average Bonchev–Trinajstić information content (AvgIpc) is 2.94. The predicted molar refractivity (Wildman–Crippen MR) is 65.3 cm³/mol. The predicted octanol–water partition coefficient (Wildman–Crippen LogP) is 1.74. The largest absolute Gasteiger partial charge is 0.481 e. The Labute approximate surface area is 109 Å². The van der Waals surface area contributed by atoms with E-state index in [1.807, 2.05) is 4.68 Å². The molecule has 0 aromatic carbocycles. The molecule has 98 valence electrons. The van der Waals surface area contributed by atoms with Gasteiger partial charge in [-0.15, -0.1) is 5.10 Å². The van der Waals surface area contributed by atoms with E-state index < -0.39 is 5.97 Å². The summed E-state index contributed by atoms with van der Waals surface area (Å²) in [5.74, 6) is -0.928. The van der Waals surface area contributed by atoms with Crippen molar-refractivity contribution in [3.05, 3.63) is 0 Å². The molecule has 2 fully saturated rings. The van der Waals surface area contributed by atoms with Gasteiger partial charge < -0.3 is 5.11 Å². The molecular weight excluding hydrogens is 252 g/mol. The first kappa shape index (κ1) is 12.0. The van der Waals surface area contributed by atoms with Gasteiger partial charge in [0.2, 0.25) is 5.16 Å². The molecule has 18 heavy (non-hydrogen) atoms. The summed E-state index contributed by atoms with van der Waals surface area (Å²) in [6.07, 6.45) is 6.44. The zero-order chi connectivity index (χ0) is 12.5. The van der Waals surface area contributed by atoms with E-state index in [0.717, 1.165) is 30.8 Å². The fourth-order valence-corrected chi connectivity index (χ4v) is 3.99. The molecule has 6 nitrogen and oxygen atoms in total. The maximum absolute atomic E-state index is 11.0. The molecule has 2 aliphatic carbocycles. The van der Waals surface area contributed by atoms with Crippen molar-refractivity contribution in [3.8, 4) is 0 Å². The molecular formula is C11H16N4O2S. The van der Waals surface area contributed by atoms with Gasteiger partial charge >= 0.3 is 5.97 Å². The smallest absolute Gasteiger partial charge is 0.307 e. The Morgan fingerprint density at radius 1 is 1.28 bits per heavy atom. The fraction of sp³-hybridized carbons (Fsp3) is 0.818. The number of rotatable bonds is 4. The third-order valence-corrected chi connectivity index (χ3v) is 5.26. The maximum Gasteiger partial charge on any atom is 0.307 e. The van der Waals surface area contributed by atoms with Gasteiger partial charge in [-0.3, -0.25) is 4.79 Å². The summed E-state index contributed by atoms with van der Waals surface area (Å²) in [4.78, 5) is 11.0. The van der Waals surface area contributed by atoms with Crippen LogP contribution in [0.3, 0.4) is 0 Å². The molecule has 1 aromatic rings. The number of carboxylic acids is 1. The van der Waals surface area contributed by atoms with Gasteiger partial charge in [-0.2, -0.15) is 0 Å². The summed E-state index contributed by atoms with van der Waals surface area (Å²) in [5, 5.41) is 21.8. The van der Waals surface area contributed by atoms with Crippen LogP contribution >= 0.6 is 11.8 Å². The van der Waals surface area contributed by atoms with E-state index in [1.165, 1.54) is 24.6 Å². The number of aliphatic carboxylic acids is 1. The van der Waals surface area contributed by atoms with Gasteiger partial charge in [0.15, 0.2) is 0 Å². The standard InChI is InChI=1S/C11H16N4O2S/c16-10(17)8-5-6-9(8)18-11-12-13-14-15(11)7-3-1-2-4-7/h7-9H,1-6H2,(H,16,17). The lowest BCUT2D eigenvalue weighted by Gasteiger charge is -2.32. The molecule has 0 spiro atoms. The van der Waals surface area contributed by atoms with Crippen LogP contribution in [0.5, 0.6) is 0 Å². The lowest BCUT2D eigenvalue weighted by Crippen LogP contribution is -2.35. The number of hydrogen-bond acceptors (Lipinski definition) is 5. The SMILES string of the molecule is O=C(O)C1CCC1Sc1nnnn1C1CCCC1. The summed E-state index contributed by atoms with van der Waals surface area (Å²) >= 11 is 1.53. The highest BCUT2D eigenvalue weighted by Crippen LogP contribution is 2.42. The van der Waals surface area contributed by atoms with E-state index in [9.17, 15) is 4.79 Å². The fourth-order valence-electron chi connectivity index (χ4n) is 2.67. The molecule has 2 aliphatic rings. The van der Waals surface area contributed by atoms with Crippen LogP contribution in [-0.4, -0.2) is 36.5 Å². The van der Waals surface area contributed by atoms with Crippen molar-refractivity contribution < 1.29 is 9.90 Å². The van der Waals surface area contributed by atoms with Crippen LogP contribution in [0.25, 0.3) is 0 Å². The van der Waals surface area contributed by atoms with E-state index in [4.69, 9.17) is 5.11 Å². The van der Waals surface area contributed by atoms with E-state index >= 15 is 0 Å². The lowest BCUT2D eigenvalue weighted by molar-refractivity contribution is -0.144. The number of aromatic nitrogens is 4. The Hall–Kier alpha value is -1.11. The molecule has 2 saturated carbocycles. The van der Waals surface area contributed by atoms with Crippen LogP contribution in [0, 0.1) is 5.92 Å². The van der Waals surface area contributed by atoms with Crippen molar-refractivity contribution >= 4 is 17.7 Å². The normalized spacial score (nSPS) is 28.2. The molecule has 0 aliphatic heterocycles. The van der Waals surface area contributed by atoms with E-state index in [-0.39, 0.29) is 11.2 Å². The highest BCUT2D eigenvalue weighted by Gasteiger charge is 2.38. The zero-order valence-corrected chi connectivity index (χ0v) is 10.8. The first-order valence-corrected chi connectivity index (χ1v) is 7.31. The molecule has 0 bridgehead atoms. The summed E-state index contributed by atoms with van der Waals surface area (Å²) < 4.78 is 1.90. The number of tetrazole rings is 1. The van der Waals surface area contributed by atoms with Crippen LogP contribution in [0.2, 0.25) is 0 Å². The molecule has 7 heteroatoms. The molecule has 0 amide bonds. The quantitative estimate of drug-likeness (QED) is 0.896. The number of hydrogen-bond donors (Lipinski definition) is 1. The van der Waals surface area contributed by atoms with Gasteiger partial charge in [-0.25, -0.2) is 4.68 Å². The third-order valence-electron chi connectivity index (χ3n) is 3.92. The van der Waals surface area contributed by atoms with E-state index in [2.05, 4.69) is 15.5 Å². The minimum atomic E-state index is -0.696. The van der Waals surface area contributed by atoms with Crippen molar-refractivity contribution in [1.82, 2.24) is 20.2 Å². The molecule has 1 heterocycles. The number of carbonyl (C=O) groups is 1. The molecule has 0 saturated heterocycles. The molecule has 2 unspecified atom stereocenters. The van der Waals surface area contributed by atoms with Gasteiger partial charge in [-0.05, 0) is 36.1 Å². The Kier molecular flexibility index (Phi) is 3.23. The van der Waals surface area contributed by atoms with Crippen LogP contribution < -0.4 is 0 Å². The number of thioether (sulfide) groups is 1. The van der Waals surface area contributed by atoms with E-state index in [1.54, 1.807) is 0 Å². The monoisotopic (exact) mass is 268 g/mol. The topological polar surface area (TPSA) is 80.9 Å².